The van der Waals surface area contributed by atoms with Crippen LogP contribution >= 0.6 is 0 Å². The van der Waals surface area contributed by atoms with E-state index in [2.05, 4.69) is 4.98 Å². The lowest BCUT2D eigenvalue weighted by Gasteiger charge is -2.22. The molecular weight excluding hydrogens is 265 g/mol. The fourth-order valence-corrected chi connectivity index (χ4v) is 2.40. The molecular formula is C17H16FN3. The Bertz CT molecular complexity index is 769. The van der Waals surface area contributed by atoms with Gasteiger partial charge in [0.05, 0.1) is 16.9 Å². The van der Waals surface area contributed by atoms with Gasteiger partial charge >= 0.3 is 0 Å². The van der Waals surface area contributed by atoms with Gasteiger partial charge in [-0.15, -0.1) is 0 Å². The maximum Gasteiger partial charge on any atom is 0.123 e. The molecule has 0 amide bonds. The molecule has 0 bridgehead atoms. The van der Waals surface area contributed by atoms with Gasteiger partial charge in [0.1, 0.15) is 5.82 Å². The van der Waals surface area contributed by atoms with E-state index < -0.39 is 0 Å². The maximum absolute atomic E-state index is 13.1. The van der Waals surface area contributed by atoms with Gasteiger partial charge in [-0.1, -0.05) is 18.2 Å². The van der Waals surface area contributed by atoms with Crippen molar-refractivity contribution >= 4 is 22.3 Å². The monoisotopic (exact) mass is 281 g/mol. The molecule has 0 unspecified atom stereocenters. The number of para-hydroxylation sites is 1. The van der Waals surface area contributed by atoms with Crippen molar-refractivity contribution in [3.8, 4) is 0 Å². The van der Waals surface area contributed by atoms with Crippen molar-refractivity contribution < 1.29 is 4.39 Å². The summed E-state index contributed by atoms with van der Waals surface area (Å²) in [7, 11) is 1.95. The van der Waals surface area contributed by atoms with Crippen molar-refractivity contribution in [3.63, 3.8) is 0 Å². The van der Waals surface area contributed by atoms with E-state index >= 15 is 0 Å². The molecule has 1 aromatic heterocycles. The maximum atomic E-state index is 13.1. The highest BCUT2D eigenvalue weighted by Gasteiger charge is 2.10. The van der Waals surface area contributed by atoms with Crippen LogP contribution in [-0.2, 0) is 6.54 Å². The molecule has 3 rings (SSSR count). The zero-order valence-corrected chi connectivity index (χ0v) is 11.8. The molecule has 0 radical (unpaired) electrons. The van der Waals surface area contributed by atoms with Crippen LogP contribution in [-0.4, -0.2) is 12.0 Å². The molecule has 2 N–H and O–H groups in total. The summed E-state index contributed by atoms with van der Waals surface area (Å²) in [5.74, 6) is -0.241. The molecule has 3 aromatic rings. The minimum atomic E-state index is -0.241. The van der Waals surface area contributed by atoms with Crippen LogP contribution in [0.3, 0.4) is 0 Å². The van der Waals surface area contributed by atoms with Gasteiger partial charge in [-0.25, -0.2) is 4.39 Å². The number of nitrogens with two attached hydrogens (primary N) is 1. The van der Waals surface area contributed by atoms with E-state index in [9.17, 15) is 4.39 Å². The number of aromatic nitrogens is 1. The van der Waals surface area contributed by atoms with Crippen LogP contribution in [0.5, 0.6) is 0 Å². The highest BCUT2D eigenvalue weighted by Crippen LogP contribution is 2.31. The number of nitrogens with zero attached hydrogens (tertiary/aromatic N) is 2. The first-order valence-electron chi connectivity index (χ1n) is 6.77. The van der Waals surface area contributed by atoms with Gasteiger partial charge in [0.25, 0.3) is 0 Å². The Morgan fingerprint density at radius 1 is 1.10 bits per heavy atom. The molecule has 0 aliphatic carbocycles. The summed E-state index contributed by atoms with van der Waals surface area (Å²) in [6.07, 6.45) is 0. The number of rotatable bonds is 3. The first kappa shape index (κ1) is 13.5. The third-order valence-corrected chi connectivity index (χ3v) is 3.53. The molecule has 3 nitrogen and oxygen atoms in total. The van der Waals surface area contributed by atoms with Crippen LogP contribution < -0.4 is 10.6 Å². The topological polar surface area (TPSA) is 42.1 Å². The summed E-state index contributed by atoms with van der Waals surface area (Å²) in [6, 6.07) is 16.3. The van der Waals surface area contributed by atoms with Gasteiger partial charge in [0.15, 0.2) is 0 Å². The predicted molar refractivity (Wildman–Crippen MR) is 84.1 cm³/mol. The third-order valence-electron chi connectivity index (χ3n) is 3.53. The quantitative estimate of drug-likeness (QED) is 0.797. The van der Waals surface area contributed by atoms with E-state index in [1.54, 1.807) is 12.1 Å². The van der Waals surface area contributed by atoms with E-state index in [1.807, 2.05) is 42.3 Å². The molecule has 21 heavy (non-hydrogen) atoms. The molecule has 106 valence electrons. The number of hydrogen-bond donors (Lipinski definition) is 1. The van der Waals surface area contributed by atoms with Crippen LogP contribution in [0.4, 0.5) is 15.8 Å². The number of anilines is 2. The number of halogens is 1. The molecule has 0 saturated carbocycles. The zero-order chi connectivity index (χ0) is 14.8. The number of pyridine rings is 1. The lowest BCUT2D eigenvalue weighted by Crippen LogP contribution is -2.12. The second-order valence-electron chi connectivity index (χ2n) is 4.89. The van der Waals surface area contributed by atoms with Crippen molar-refractivity contribution in [1.82, 2.24) is 4.98 Å². The lowest BCUT2D eigenvalue weighted by molar-refractivity contribution is 0.628. The fourth-order valence-electron chi connectivity index (χ4n) is 2.40. The minimum Gasteiger partial charge on any atom is -0.344 e. The molecule has 1 heterocycles. The number of fused-ring (bicyclic) bond motifs is 1. The van der Waals surface area contributed by atoms with Crippen LogP contribution in [0.15, 0.2) is 54.6 Å². The normalized spacial score (nSPS) is 10.8. The Hall–Kier alpha value is -2.46. The minimum absolute atomic E-state index is 0.241. The second kappa shape index (κ2) is 5.50. The second-order valence-corrected chi connectivity index (χ2v) is 4.89. The van der Waals surface area contributed by atoms with Gasteiger partial charge in [-0.2, -0.15) is 0 Å². The Kier molecular flexibility index (Phi) is 3.54. The van der Waals surface area contributed by atoms with E-state index in [4.69, 9.17) is 5.73 Å². The largest absolute Gasteiger partial charge is 0.344 e. The average Bonchev–Trinajstić information content (AvgIpc) is 2.53. The standard InChI is InChI=1S/C17H16FN3/c1-21(14-8-6-12(18)7-9-14)17-10-13(11-19)20-16-5-3-2-4-15(16)17/h2-10H,11,19H2,1H3. The lowest BCUT2D eigenvalue weighted by atomic mass is 10.1. The first-order valence-corrected chi connectivity index (χ1v) is 6.77. The third kappa shape index (κ3) is 2.58. The molecule has 0 aliphatic rings. The predicted octanol–water partition coefficient (Wildman–Crippen LogP) is 3.60. The Morgan fingerprint density at radius 2 is 1.81 bits per heavy atom. The molecule has 2 aromatic carbocycles. The number of hydrogen-bond acceptors (Lipinski definition) is 3. The summed E-state index contributed by atoms with van der Waals surface area (Å²) in [5.41, 5.74) is 9.40. The smallest absolute Gasteiger partial charge is 0.123 e. The van der Waals surface area contributed by atoms with E-state index in [1.165, 1.54) is 12.1 Å². The zero-order valence-electron chi connectivity index (χ0n) is 11.8. The Balaban J connectivity index is 2.16. The fraction of sp³-hybridized carbons (Fsp3) is 0.118. The highest BCUT2D eigenvalue weighted by atomic mass is 19.1. The van der Waals surface area contributed by atoms with E-state index in [0.29, 0.717) is 6.54 Å². The molecule has 0 atom stereocenters. The molecule has 0 saturated heterocycles. The van der Waals surface area contributed by atoms with E-state index in [0.717, 1.165) is 28.0 Å². The summed E-state index contributed by atoms with van der Waals surface area (Å²) < 4.78 is 13.1. The summed E-state index contributed by atoms with van der Waals surface area (Å²) in [6.45, 7) is 0.384. The molecule has 4 heteroatoms. The van der Waals surface area contributed by atoms with Crippen molar-refractivity contribution in [2.45, 2.75) is 6.54 Å². The van der Waals surface area contributed by atoms with Crippen molar-refractivity contribution in [2.75, 3.05) is 11.9 Å². The summed E-state index contributed by atoms with van der Waals surface area (Å²) in [5, 5.41) is 1.04. The van der Waals surface area contributed by atoms with Crippen LogP contribution in [0.2, 0.25) is 0 Å². The van der Waals surface area contributed by atoms with Crippen LogP contribution in [0, 0.1) is 5.82 Å². The Labute approximate surface area is 122 Å². The van der Waals surface area contributed by atoms with Gasteiger partial charge in [-0.05, 0) is 36.4 Å². The van der Waals surface area contributed by atoms with Crippen molar-refractivity contribution in [3.05, 3.63) is 66.1 Å². The average molecular weight is 281 g/mol. The van der Waals surface area contributed by atoms with Gasteiger partial charge in [0, 0.05) is 24.7 Å². The Morgan fingerprint density at radius 3 is 2.52 bits per heavy atom. The van der Waals surface area contributed by atoms with Gasteiger partial charge in [0.2, 0.25) is 0 Å². The highest BCUT2D eigenvalue weighted by molar-refractivity contribution is 5.93. The SMILES string of the molecule is CN(c1ccc(F)cc1)c1cc(CN)nc2ccccc12. The van der Waals surface area contributed by atoms with Crippen molar-refractivity contribution in [1.29, 1.82) is 0 Å². The summed E-state index contributed by atoms with van der Waals surface area (Å²) in [4.78, 5) is 6.55. The van der Waals surface area contributed by atoms with Gasteiger partial charge < -0.3 is 10.6 Å². The van der Waals surface area contributed by atoms with Crippen LogP contribution in [0.25, 0.3) is 10.9 Å². The van der Waals surface area contributed by atoms with Crippen LogP contribution in [0.1, 0.15) is 5.69 Å². The molecule has 0 spiro atoms. The van der Waals surface area contributed by atoms with Gasteiger partial charge in [-0.3, -0.25) is 4.98 Å². The number of benzene rings is 2. The first-order chi connectivity index (χ1) is 10.2. The summed E-state index contributed by atoms with van der Waals surface area (Å²) >= 11 is 0. The van der Waals surface area contributed by atoms with Crippen molar-refractivity contribution in [2.24, 2.45) is 5.73 Å². The molecule has 0 fully saturated rings. The van der Waals surface area contributed by atoms with E-state index in [-0.39, 0.29) is 5.82 Å². The molecule has 0 aliphatic heterocycles.